The van der Waals surface area contributed by atoms with Crippen LogP contribution in [0.3, 0.4) is 0 Å². The molecule has 19 heavy (non-hydrogen) atoms. The van der Waals surface area contributed by atoms with Gasteiger partial charge in [-0.25, -0.2) is 5.84 Å². The molecule has 0 atom stereocenters. The van der Waals surface area contributed by atoms with Gasteiger partial charge in [0.2, 0.25) is 11.9 Å². The summed E-state index contributed by atoms with van der Waals surface area (Å²) >= 11 is 0. The highest BCUT2D eigenvalue weighted by atomic mass is 16.5. The number of nitrogen functional groups attached to an aromatic ring is 1. The highest BCUT2D eigenvalue weighted by molar-refractivity contribution is 5.37. The zero-order valence-electron chi connectivity index (χ0n) is 11.0. The van der Waals surface area contributed by atoms with Crippen LogP contribution in [0.15, 0.2) is 0 Å². The molecule has 0 unspecified atom stereocenters. The van der Waals surface area contributed by atoms with Gasteiger partial charge in [0, 0.05) is 0 Å². The van der Waals surface area contributed by atoms with Gasteiger partial charge < -0.3 is 15.2 Å². The molecule has 1 aromatic rings. The molecule has 2 rings (SSSR count). The van der Waals surface area contributed by atoms with Gasteiger partial charge >= 0.3 is 6.01 Å². The second-order valence-electron chi connectivity index (χ2n) is 4.61. The normalized spacial score (nSPS) is 17.2. The second-order valence-corrected chi connectivity index (χ2v) is 4.61. The van der Waals surface area contributed by atoms with E-state index in [0.717, 1.165) is 25.7 Å². The molecule has 106 valence electrons. The van der Waals surface area contributed by atoms with Crippen molar-refractivity contribution < 1.29 is 9.84 Å². The Morgan fingerprint density at radius 1 is 1.26 bits per heavy atom. The van der Waals surface area contributed by atoms with E-state index in [0.29, 0.717) is 12.6 Å². The molecule has 0 spiro atoms. The Bertz CT molecular complexity index is 422. The van der Waals surface area contributed by atoms with Crippen molar-refractivity contribution in [3.8, 4) is 6.01 Å². The van der Waals surface area contributed by atoms with E-state index >= 15 is 0 Å². The molecule has 8 nitrogen and oxygen atoms in total. The first kappa shape index (κ1) is 13.8. The van der Waals surface area contributed by atoms with Crippen LogP contribution < -0.4 is 21.3 Å². The molecule has 1 heterocycles. The summed E-state index contributed by atoms with van der Waals surface area (Å²) in [6, 6.07) is 0.207. The van der Waals surface area contributed by atoms with E-state index in [1.165, 1.54) is 0 Å². The quantitative estimate of drug-likeness (QED) is 0.429. The lowest BCUT2D eigenvalue weighted by molar-refractivity contribution is 0.213. The van der Waals surface area contributed by atoms with Gasteiger partial charge in [-0.15, -0.1) is 0 Å². The van der Waals surface area contributed by atoms with Gasteiger partial charge in [0.05, 0.1) is 18.8 Å². The summed E-state index contributed by atoms with van der Waals surface area (Å²) in [6.45, 7) is 2.35. The summed E-state index contributed by atoms with van der Waals surface area (Å²) in [5.74, 6) is 5.91. The van der Waals surface area contributed by atoms with Gasteiger partial charge in [-0.05, 0) is 19.8 Å². The number of aromatic nitrogens is 3. The van der Waals surface area contributed by atoms with Crippen LogP contribution in [0.5, 0.6) is 6.01 Å². The molecule has 0 radical (unpaired) electrons. The molecule has 1 aliphatic rings. The fourth-order valence-corrected chi connectivity index (χ4v) is 2.28. The predicted molar refractivity (Wildman–Crippen MR) is 70.7 cm³/mol. The number of nitrogens with two attached hydrogens (primary N) is 1. The molecule has 8 heteroatoms. The predicted octanol–water partition coefficient (Wildman–Crippen LogP) is 0.273. The molecule has 1 aromatic heterocycles. The van der Waals surface area contributed by atoms with E-state index in [1.807, 2.05) is 6.92 Å². The Balaban J connectivity index is 2.20. The van der Waals surface area contributed by atoms with Crippen molar-refractivity contribution in [2.75, 3.05) is 24.0 Å². The molecule has 0 aromatic carbocycles. The summed E-state index contributed by atoms with van der Waals surface area (Å²) < 4.78 is 5.26. The Labute approximate surface area is 111 Å². The lowest BCUT2D eigenvalue weighted by Gasteiger charge is -2.27. The third kappa shape index (κ3) is 3.21. The number of anilines is 2. The van der Waals surface area contributed by atoms with E-state index in [1.54, 1.807) is 0 Å². The number of hydrogen-bond donors (Lipinski definition) is 4. The van der Waals surface area contributed by atoms with Gasteiger partial charge in [-0.3, -0.25) is 5.43 Å². The van der Waals surface area contributed by atoms with E-state index in [9.17, 15) is 5.11 Å². The number of aliphatic hydroxyl groups excluding tert-OH is 1. The van der Waals surface area contributed by atoms with Gasteiger partial charge in [0.15, 0.2) is 0 Å². The minimum Gasteiger partial charge on any atom is -0.464 e. The third-order valence-electron chi connectivity index (χ3n) is 3.26. The minimum absolute atomic E-state index is 0.0496. The van der Waals surface area contributed by atoms with Crippen molar-refractivity contribution in [2.24, 2.45) is 5.84 Å². The zero-order valence-corrected chi connectivity index (χ0v) is 11.0. The highest BCUT2D eigenvalue weighted by Gasteiger charge is 2.34. The maximum Gasteiger partial charge on any atom is 0.323 e. The molecular weight excluding hydrogens is 248 g/mol. The van der Waals surface area contributed by atoms with E-state index < -0.39 is 0 Å². The van der Waals surface area contributed by atoms with Crippen LogP contribution in [-0.2, 0) is 0 Å². The van der Waals surface area contributed by atoms with Crippen molar-refractivity contribution >= 4 is 11.9 Å². The Kier molecular flexibility index (Phi) is 4.33. The molecule has 1 saturated carbocycles. The number of rotatable bonds is 6. The van der Waals surface area contributed by atoms with Crippen molar-refractivity contribution in [1.29, 1.82) is 0 Å². The molecule has 1 fully saturated rings. The third-order valence-corrected chi connectivity index (χ3v) is 3.26. The van der Waals surface area contributed by atoms with E-state index in [-0.39, 0.29) is 24.1 Å². The van der Waals surface area contributed by atoms with Gasteiger partial charge in [0.25, 0.3) is 0 Å². The van der Waals surface area contributed by atoms with Crippen LogP contribution in [0.1, 0.15) is 32.6 Å². The van der Waals surface area contributed by atoms with Crippen LogP contribution in [0.2, 0.25) is 0 Å². The van der Waals surface area contributed by atoms with Crippen molar-refractivity contribution in [2.45, 2.75) is 38.1 Å². The largest absolute Gasteiger partial charge is 0.464 e. The number of nitrogens with one attached hydrogen (secondary N) is 2. The number of hydrazine groups is 1. The number of nitrogens with zero attached hydrogens (tertiary/aromatic N) is 3. The molecule has 0 bridgehead atoms. The molecule has 0 amide bonds. The molecule has 1 aliphatic carbocycles. The Morgan fingerprint density at radius 3 is 2.53 bits per heavy atom. The summed E-state index contributed by atoms with van der Waals surface area (Å²) in [4.78, 5) is 12.3. The lowest BCUT2D eigenvalue weighted by atomic mass is 9.99. The van der Waals surface area contributed by atoms with Gasteiger partial charge in [-0.1, -0.05) is 12.8 Å². The highest BCUT2D eigenvalue weighted by Crippen LogP contribution is 2.32. The standard InChI is InChI=1S/C11H20N6O2/c1-2-19-10-14-8(13-9(15-10)17-12)16-11(7-18)5-3-4-6-11/h18H,2-7,12H2,1H3,(H2,13,14,15,16,17). The maximum atomic E-state index is 9.57. The zero-order chi connectivity index (χ0) is 13.7. The average molecular weight is 268 g/mol. The SMILES string of the molecule is CCOc1nc(NN)nc(NC2(CO)CCCC2)n1. The van der Waals surface area contributed by atoms with Crippen molar-refractivity contribution in [1.82, 2.24) is 15.0 Å². The fourth-order valence-electron chi connectivity index (χ4n) is 2.28. The average Bonchev–Trinajstić information content (AvgIpc) is 2.88. The van der Waals surface area contributed by atoms with E-state index in [2.05, 4.69) is 25.7 Å². The first-order valence-electron chi connectivity index (χ1n) is 6.46. The summed E-state index contributed by atoms with van der Waals surface area (Å²) in [5, 5.41) is 12.8. The number of hydrogen-bond acceptors (Lipinski definition) is 8. The van der Waals surface area contributed by atoms with Gasteiger partial charge in [-0.2, -0.15) is 15.0 Å². The minimum atomic E-state index is -0.350. The summed E-state index contributed by atoms with van der Waals surface area (Å²) in [7, 11) is 0. The van der Waals surface area contributed by atoms with Gasteiger partial charge in [0.1, 0.15) is 0 Å². The van der Waals surface area contributed by atoms with Crippen LogP contribution in [0.4, 0.5) is 11.9 Å². The molecular formula is C11H20N6O2. The maximum absolute atomic E-state index is 9.57. The smallest absolute Gasteiger partial charge is 0.323 e. The van der Waals surface area contributed by atoms with Crippen LogP contribution in [-0.4, -0.2) is 38.8 Å². The van der Waals surface area contributed by atoms with Crippen LogP contribution in [0.25, 0.3) is 0 Å². The number of aliphatic hydroxyl groups is 1. The molecule has 0 aliphatic heterocycles. The Morgan fingerprint density at radius 2 is 1.95 bits per heavy atom. The molecule has 0 saturated heterocycles. The number of ether oxygens (including phenoxy) is 1. The second kappa shape index (κ2) is 5.98. The summed E-state index contributed by atoms with van der Waals surface area (Å²) in [6.07, 6.45) is 3.95. The van der Waals surface area contributed by atoms with Crippen LogP contribution in [0, 0.1) is 0 Å². The topological polar surface area (TPSA) is 118 Å². The monoisotopic (exact) mass is 268 g/mol. The first-order valence-corrected chi connectivity index (χ1v) is 6.46. The molecule has 5 N–H and O–H groups in total. The van der Waals surface area contributed by atoms with Crippen molar-refractivity contribution in [3.63, 3.8) is 0 Å². The summed E-state index contributed by atoms with van der Waals surface area (Å²) in [5.41, 5.74) is 2.03. The Hall–Kier alpha value is -1.67. The van der Waals surface area contributed by atoms with Crippen LogP contribution >= 0.6 is 0 Å². The van der Waals surface area contributed by atoms with Crippen molar-refractivity contribution in [3.05, 3.63) is 0 Å². The lowest BCUT2D eigenvalue weighted by Crippen LogP contribution is -2.39. The van der Waals surface area contributed by atoms with E-state index in [4.69, 9.17) is 10.6 Å². The first-order chi connectivity index (χ1) is 9.21. The fraction of sp³-hybridized carbons (Fsp3) is 0.727.